The number of halogens is 2. The molecule has 248 valence electrons. The van der Waals surface area contributed by atoms with Crippen LogP contribution in [0.4, 0.5) is 8.78 Å². The molecule has 4 heterocycles. The van der Waals surface area contributed by atoms with Crippen molar-refractivity contribution in [3.05, 3.63) is 107 Å². The molecule has 7 rings (SSSR count). The zero-order chi connectivity index (χ0) is 33.6. The van der Waals surface area contributed by atoms with Crippen molar-refractivity contribution in [2.24, 2.45) is 0 Å². The largest absolute Gasteiger partial charge is 0.586 e. The molecule has 13 heteroatoms. The minimum Gasteiger partial charge on any atom is -0.497 e. The average molecular weight is 660 g/mol. The molecule has 3 aromatic carbocycles. The number of methoxy groups -OCH3 is 1. The summed E-state index contributed by atoms with van der Waals surface area (Å²) in [6.07, 6.45) is -2.69. The SMILES string of the molecule is COc1ccc2c(c1)O[C@@H](c1ccc(C(=O)NC(CO)c3ccccc3)cn1)C[C@H]2NC(=O)[C@@]1(C)COc2cc3c(cc21)OC(F)(F)O3. The van der Waals surface area contributed by atoms with E-state index in [0.717, 1.165) is 5.56 Å². The molecular weight excluding hydrogens is 628 g/mol. The number of rotatable bonds is 8. The quantitative estimate of drug-likeness (QED) is 0.241. The average Bonchev–Trinajstić information content (AvgIpc) is 3.59. The molecule has 11 nitrogen and oxygen atoms in total. The van der Waals surface area contributed by atoms with Gasteiger partial charge < -0.3 is 39.4 Å². The van der Waals surface area contributed by atoms with Crippen LogP contribution in [0.5, 0.6) is 28.7 Å². The molecule has 3 aliphatic rings. The molecule has 0 aliphatic carbocycles. The Morgan fingerprint density at radius 2 is 1.79 bits per heavy atom. The van der Waals surface area contributed by atoms with Gasteiger partial charge in [-0.3, -0.25) is 14.6 Å². The second kappa shape index (κ2) is 12.0. The van der Waals surface area contributed by atoms with Gasteiger partial charge in [0, 0.05) is 35.9 Å². The summed E-state index contributed by atoms with van der Waals surface area (Å²) >= 11 is 0. The third-order valence-corrected chi connectivity index (χ3v) is 8.80. The van der Waals surface area contributed by atoms with Crippen LogP contribution in [0.15, 0.2) is 79.0 Å². The molecule has 0 saturated heterocycles. The van der Waals surface area contributed by atoms with Crippen LogP contribution in [0.3, 0.4) is 0 Å². The van der Waals surface area contributed by atoms with Gasteiger partial charge in [0.25, 0.3) is 5.91 Å². The van der Waals surface area contributed by atoms with Gasteiger partial charge in [0.05, 0.1) is 37.1 Å². The Bertz CT molecular complexity index is 1870. The molecule has 2 amide bonds. The Labute approximate surface area is 273 Å². The Morgan fingerprint density at radius 1 is 1.02 bits per heavy atom. The lowest BCUT2D eigenvalue weighted by Crippen LogP contribution is -2.46. The molecular formula is C35H31F2N3O8. The van der Waals surface area contributed by atoms with Gasteiger partial charge in [0.1, 0.15) is 35.4 Å². The molecule has 0 bridgehead atoms. The van der Waals surface area contributed by atoms with Crippen LogP contribution in [-0.2, 0) is 10.2 Å². The number of ether oxygens (including phenoxy) is 5. The van der Waals surface area contributed by atoms with Crippen LogP contribution in [0.1, 0.15) is 64.3 Å². The van der Waals surface area contributed by atoms with Crippen LogP contribution in [-0.4, -0.2) is 48.5 Å². The number of alkyl halides is 2. The van der Waals surface area contributed by atoms with Gasteiger partial charge in [-0.1, -0.05) is 30.3 Å². The summed E-state index contributed by atoms with van der Waals surface area (Å²) in [6.45, 7) is 1.37. The standard InChI is InChI=1S/C35H31F2N3O8/c1-34(18-45-28-15-31-30(13-23(28)34)47-35(36,37)48-31)33(43)40-25-14-29(46-27-12-21(44-2)9-10-22(25)27)24-11-8-20(16-38-24)32(42)39-26(17-41)19-6-4-3-5-7-19/h3-13,15-16,25-26,29,41H,14,17-18H2,1-2H3,(H,39,42)(H,40,43)/t25-,26?,29-,34+/m1/s1. The molecule has 3 aliphatic heterocycles. The molecule has 4 aromatic rings. The highest BCUT2D eigenvalue weighted by molar-refractivity contribution is 5.94. The van der Waals surface area contributed by atoms with E-state index in [4.69, 9.17) is 14.2 Å². The number of aromatic nitrogens is 1. The van der Waals surface area contributed by atoms with Gasteiger partial charge >= 0.3 is 6.29 Å². The molecule has 0 radical (unpaired) electrons. The van der Waals surface area contributed by atoms with E-state index < -0.39 is 41.7 Å². The maximum atomic E-state index is 14.0. The van der Waals surface area contributed by atoms with Crippen molar-refractivity contribution in [1.82, 2.24) is 15.6 Å². The van der Waals surface area contributed by atoms with Crippen LogP contribution in [0, 0.1) is 0 Å². The molecule has 0 saturated carbocycles. The van der Waals surface area contributed by atoms with Crippen LogP contribution in [0.2, 0.25) is 0 Å². The fourth-order valence-electron chi connectivity index (χ4n) is 6.12. The van der Waals surface area contributed by atoms with Crippen molar-refractivity contribution in [2.45, 2.75) is 43.2 Å². The highest BCUT2D eigenvalue weighted by atomic mass is 19.3. The predicted molar refractivity (Wildman–Crippen MR) is 165 cm³/mol. The molecule has 0 spiro atoms. The van der Waals surface area contributed by atoms with Gasteiger partial charge in [-0.05, 0) is 42.8 Å². The van der Waals surface area contributed by atoms with E-state index in [9.17, 15) is 23.5 Å². The Hall–Kier alpha value is -5.43. The fourth-order valence-corrected chi connectivity index (χ4v) is 6.12. The Morgan fingerprint density at radius 3 is 2.50 bits per heavy atom. The zero-order valence-corrected chi connectivity index (χ0v) is 25.9. The normalized spacial score (nSPS) is 21.9. The van der Waals surface area contributed by atoms with E-state index in [2.05, 4.69) is 25.1 Å². The van der Waals surface area contributed by atoms with Gasteiger partial charge in [0.15, 0.2) is 11.5 Å². The number of pyridine rings is 1. The number of hydrogen-bond acceptors (Lipinski definition) is 9. The number of fused-ring (bicyclic) bond motifs is 3. The number of benzene rings is 3. The first kappa shape index (κ1) is 31.2. The number of amides is 2. The van der Waals surface area contributed by atoms with Gasteiger partial charge in [-0.25, -0.2) is 0 Å². The number of carbonyl (C=O) groups is 2. The minimum atomic E-state index is -3.81. The number of nitrogens with zero attached hydrogens (tertiary/aromatic N) is 1. The van der Waals surface area contributed by atoms with Crippen LogP contribution < -0.4 is 34.3 Å². The molecule has 3 N–H and O–H groups in total. The zero-order valence-electron chi connectivity index (χ0n) is 25.9. The molecule has 1 unspecified atom stereocenters. The van der Waals surface area contributed by atoms with Gasteiger partial charge in [-0.2, -0.15) is 0 Å². The van der Waals surface area contributed by atoms with E-state index in [1.807, 2.05) is 36.4 Å². The molecule has 0 fully saturated rings. The topological polar surface area (TPSA) is 137 Å². The highest BCUT2D eigenvalue weighted by Gasteiger charge is 2.49. The second-order valence-corrected chi connectivity index (χ2v) is 11.9. The summed E-state index contributed by atoms with van der Waals surface area (Å²) in [5.41, 5.74) is 1.46. The van der Waals surface area contributed by atoms with E-state index in [1.54, 1.807) is 31.2 Å². The van der Waals surface area contributed by atoms with Crippen molar-refractivity contribution in [2.75, 3.05) is 20.3 Å². The van der Waals surface area contributed by atoms with Gasteiger partial charge in [-0.15, -0.1) is 8.78 Å². The number of carbonyl (C=O) groups excluding carboxylic acids is 2. The fraction of sp³-hybridized carbons (Fsp3) is 0.286. The molecule has 4 atom stereocenters. The first-order chi connectivity index (χ1) is 23.1. The van der Waals surface area contributed by atoms with Crippen molar-refractivity contribution >= 4 is 11.8 Å². The maximum absolute atomic E-state index is 14.0. The first-order valence-electron chi connectivity index (χ1n) is 15.2. The van der Waals surface area contributed by atoms with Gasteiger partial charge in [0.2, 0.25) is 5.91 Å². The summed E-state index contributed by atoms with van der Waals surface area (Å²) in [7, 11) is 1.53. The highest BCUT2D eigenvalue weighted by Crippen LogP contribution is 2.50. The number of aliphatic hydroxyl groups excluding tert-OH is 1. The first-order valence-corrected chi connectivity index (χ1v) is 15.2. The Kier molecular flexibility index (Phi) is 7.78. The number of nitrogens with one attached hydrogen (secondary N) is 2. The lowest BCUT2D eigenvalue weighted by Gasteiger charge is -2.34. The lowest BCUT2D eigenvalue weighted by atomic mass is 9.82. The Balaban J connectivity index is 1.11. The predicted octanol–water partition coefficient (Wildman–Crippen LogP) is 4.91. The third kappa shape index (κ3) is 5.70. The molecule has 1 aromatic heterocycles. The van der Waals surface area contributed by atoms with E-state index >= 15 is 0 Å². The summed E-state index contributed by atoms with van der Waals surface area (Å²) in [4.78, 5) is 31.5. The van der Waals surface area contributed by atoms with Crippen molar-refractivity contribution in [3.63, 3.8) is 0 Å². The second-order valence-electron chi connectivity index (χ2n) is 11.9. The van der Waals surface area contributed by atoms with Crippen LogP contribution in [0.25, 0.3) is 0 Å². The monoisotopic (exact) mass is 659 g/mol. The van der Waals surface area contributed by atoms with Crippen molar-refractivity contribution < 1.29 is 47.2 Å². The molecule has 48 heavy (non-hydrogen) atoms. The third-order valence-electron chi connectivity index (χ3n) is 8.80. The summed E-state index contributed by atoms with van der Waals surface area (Å²) in [5, 5.41) is 15.8. The summed E-state index contributed by atoms with van der Waals surface area (Å²) in [5.74, 6) is 0.142. The van der Waals surface area contributed by atoms with E-state index in [0.29, 0.717) is 40.3 Å². The van der Waals surface area contributed by atoms with Crippen LogP contribution >= 0.6 is 0 Å². The lowest BCUT2D eigenvalue weighted by molar-refractivity contribution is -0.286. The van der Waals surface area contributed by atoms with E-state index in [1.165, 1.54) is 25.4 Å². The van der Waals surface area contributed by atoms with Crippen molar-refractivity contribution in [3.8, 4) is 28.7 Å². The number of aliphatic hydroxyl groups is 1. The number of hydrogen-bond donors (Lipinski definition) is 3. The minimum absolute atomic E-state index is 0.0257. The summed E-state index contributed by atoms with van der Waals surface area (Å²) in [6, 6.07) is 19.3. The van der Waals surface area contributed by atoms with E-state index in [-0.39, 0.29) is 30.5 Å². The maximum Gasteiger partial charge on any atom is 0.586 e. The van der Waals surface area contributed by atoms with Crippen molar-refractivity contribution in [1.29, 1.82) is 0 Å². The smallest absolute Gasteiger partial charge is 0.497 e. The summed E-state index contributed by atoms with van der Waals surface area (Å²) < 4.78 is 54.1.